The largest absolute Gasteiger partial charge is 0.463 e. The Morgan fingerprint density at radius 2 is 1.94 bits per heavy atom. The van der Waals surface area contributed by atoms with Gasteiger partial charge in [-0.3, -0.25) is 0 Å². The Labute approximate surface area is 107 Å². The third-order valence-corrected chi connectivity index (χ3v) is 2.26. The Morgan fingerprint density at radius 3 is 2.56 bits per heavy atom. The molecule has 0 saturated carbocycles. The van der Waals surface area contributed by atoms with Crippen LogP contribution >= 0.6 is 0 Å². The second-order valence-corrected chi connectivity index (χ2v) is 4.02. The summed E-state index contributed by atoms with van der Waals surface area (Å²) >= 11 is 0. The van der Waals surface area contributed by atoms with E-state index >= 15 is 0 Å². The van der Waals surface area contributed by atoms with Crippen LogP contribution in [0.1, 0.15) is 19.3 Å². The van der Waals surface area contributed by atoms with Crippen molar-refractivity contribution in [2.75, 3.05) is 44.6 Å². The van der Waals surface area contributed by atoms with Crippen molar-refractivity contribution in [3.63, 3.8) is 0 Å². The zero-order valence-corrected chi connectivity index (χ0v) is 11.2. The van der Waals surface area contributed by atoms with Crippen molar-refractivity contribution in [2.45, 2.75) is 19.3 Å². The number of aliphatic hydroxyl groups is 1. The van der Waals surface area contributed by atoms with Gasteiger partial charge in [-0.15, -0.1) is 0 Å². The number of rotatable bonds is 8. The summed E-state index contributed by atoms with van der Waals surface area (Å²) in [6.07, 6.45) is 2.60. The molecule has 18 heavy (non-hydrogen) atoms. The van der Waals surface area contributed by atoms with Gasteiger partial charge in [0.05, 0.1) is 6.61 Å². The fourth-order valence-corrected chi connectivity index (χ4v) is 1.28. The first kappa shape index (κ1) is 14.4. The number of aromatic nitrogens is 3. The maximum absolute atomic E-state index is 8.66. The average molecular weight is 255 g/mol. The van der Waals surface area contributed by atoms with E-state index in [0.29, 0.717) is 24.5 Å². The van der Waals surface area contributed by atoms with E-state index in [1.807, 2.05) is 14.1 Å². The molecule has 0 bridgehead atoms. The van der Waals surface area contributed by atoms with Gasteiger partial charge < -0.3 is 20.1 Å². The average Bonchev–Trinajstić information content (AvgIpc) is 2.38. The van der Waals surface area contributed by atoms with Crippen molar-refractivity contribution < 1.29 is 9.84 Å². The molecule has 0 atom stereocenters. The highest BCUT2D eigenvalue weighted by molar-refractivity contribution is 5.36. The fraction of sp³-hybridized carbons (Fsp3) is 0.727. The van der Waals surface area contributed by atoms with Gasteiger partial charge in [-0.05, 0) is 19.3 Å². The summed E-state index contributed by atoms with van der Waals surface area (Å²) in [5.74, 6) is 1.04. The molecule has 1 rings (SSSR count). The molecule has 1 aromatic rings. The standard InChI is InChI=1S/C11H21N5O2/c1-12-9-13-10(16(2)3)15-11(14-9)18-8-6-4-5-7-17/h17H,4-8H2,1-3H3,(H,12,13,14,15). The number of nitrogens with zero attached hydrogens (tertiary/aromatic N) is 4. The quantitative estimate of drug-likeness (QED) is 0.655. The summed E-state index contributed by atoms with van der Waals surface area (Å²) in [5.41, 5.74) is 0. The van der Waals surface area contributed by atoms with E-state index in [0.717, 1.165) is 19.3 Å². The van der Waals surface area contributed by atoms with Gasteiger partial charge in [-0.25, -0.2) is 0 Å². The minimum atomic E-state index is 0.223. The van der Waals surface area contributed by atoms with E-state index < -0.39 is 0 Å². The first-order valence-corrected chi connectivity index (χ1v) is 6.02. The van der Waals surface area contributed by atoms with Crippen LogP contribution < -0.4 is 15.0 Å². The summed E-state index contributed by atoms with van der Waals surface area (Å²) in [6.45, 7) is 0.764. The van der Waals surface area contributed by atoms with E-state index in [2.05, 4.69) is 20.3 Å². The number of ether oxygens (including phenoxy) is 1. The summed E-state index contributed by atoms with van der Waals surface area (Å²) in [7, 11) is 5.47. The van der Waals surface area contributed by atoms with Crippen LogP contribution in [-0.4, -0.2) is 54.4 Å². The highest BCUT2D eigenvalue weighted by Crippen LogP contribution is 2.12. The molecule has 0 saturated heterocycles. The molecule has 0 spiro atoms. The smallest absolute Gasteiger partial charge is 0.323 e. The third-order valence-electron chi connectivity index (χ3n) is 2.26. The predicted molar refractivity (Wildman–Crippen MR) is 70.1 cm³/mol. The molecule has 1 aromatic heterocycles. The molecule has 0 fully saturated rings. The second kappa shape index (κ2) is 7.65. The molecular formula is C11H21N5O2. The Bertz CT molecular complexity index is 359. The Balaban J connectivity index is 2.56. The molecule has 7 heteroatoms. The van der Waals surface area contributed by atoms with Crippen LogP contribution in [-0.2, 0) is 0 Å². The van der Waals surface area contributed by atoms with Crippen LogP contribution in [0.15, 0.2) is 0 Å². The zero-order valence-electron chi connectivity index (χ0n) is 11.2. The normalized spacial score (nSPS) is 10.2. The van der Waals surface area contributed by atoms with Gasteiger partial charge in [-0.2, -0.15) is 15.0 Å². The molecule has 2 N–H and O–H groups in total. The van der Waals surface area contributed by atoms with E-state index in [1.54, 1.807) is 11.9 Å². The van der Waals surface area contributed by atoms with Gasteiger partial charge in [0.15, 0.2) is 0 Å². The fourth-order valence-electron chi connectivity index (χ4n) is 1.28. The maximum Gasteiger partial charge on any atom is 0.323 e. The monoisotopic (exact) mass is 255 g/mol. The van der Waals surface area contributed by atoms with Gasteiger partial charge in [-0.1, -0.05) is 0 Å². The third kappa shape index (κ3) is 4.70. The number of nitrogens with one attached hydrogen (secondary N) is 1. The molecule has 0 aromatic carbocycles. The van der Waals surface area contributed by atoms with Crippen molar-refractivity contribution in [3.8, 4) is 6.01 Å². The highest BCUT2D eigenvalue weighted by atomic mass is 16.5. The van der Waals surface area contributed by atoms with Crippen LogP contribution in [0.2, 0.25) is 0 Å². The van der Waals surface area contributed by atoms with Crippen molar-refractivity contribution >= 4 is 11.9 Å². The number of aliphatic hydroxyl groups excluding tert-OH is 1. The van der Waals surface area contributed by atoms with Crippen molar-refractivity contribution in [3.05, 3.63) is 0 Å². The van der Waals surface area contributed by atoms with Crippen LogP contribution in [0.3, 0.4) is 0 Å². The van der Waals surface area contributed by atoms with Crippen molar-refractivity contribution in [2.24, 2.45) is 0 Å². The summed E-state index contributed by atoms with van der Waals surface area (Å²) in [4.78, 5) is 14.3. The Hall–Kier alpha value is -1.63. The lowest BCUT2D eigenvalue weighted by Gasteiger charge is -2.12. The highest BCUT2D eigenvalue weighted by Gasteiger charge is 2.07. The van der Waals surface area contributed by atoms with E-state index in [-0.39, 0.29) is 6.61 Å². The first-order chi connectivity index (χ1) is 8.67. The number of hydrogen-bond acceptors (Lipinski definition) is 7. The number of anilines is 2. The van der Waals surface area contributed by atoms with Crippen LogP contribution in [0.25, 0.3) is 0 Å². The maximum atomic E-state index is 8.66. The lowest BCUT2D eigenvalue weighted by Crippen LogP contribution is -2.15. The van der Waals surface area contributed by atoms with E-state index in [1.165, 1.54) is 0 Å². The van der Waals surface area contributed by atoms with Gasteiger partial charge >= 0.3 is 6.01 Å². The Kier molecular flexibility index (Phi) is 6.13. The molecule has 0 unspecified atom stereocenters. The van der Waals surface area contributed by atoms with Gasteiger partial charge in [0.2, 0.25) is 11.9 Å². The van der Waals surface area contributed by atoms with Crippen molar-refractivity contribution in [1.29, 1.82) is 0 Å². The lowest BCUT2D eigenvalue weighted by atomic mass is 10.2. The SMILES string of the molecule is CNc1nc(OCCCCCO)nc(N(C)C)n1. The lowest BCUT2D eigenvalue weighted by molar-refractivity contribution is 0.257. The molecule has 102 valence electrons. The van der Waals surface area contributed by atoms with Crippen LogP contribution in [0.4, 0.5) is 11.9 Å². The second-order valence-electron chi connectivity index (χ2n) is 4.02. The molecule has 0 amide bonds. The minimum Gasteiger partial charge on any atom is -0.463 e. The number of unbranched alkanes of at least 4 members (excludes halogenated alkanes) is 2. The van der Waals surface area contributed by atoms with E-state index in [9.17, 15) is 0 Å². The van der Waals surface area contributed by atoms with E-state index in [4.69, 9.17) is 9.84 Å². The Morgan fingerprint density at radius 1 is 1.17 bits per heavy atom. The molecule has 0 aliphatic rings. The number of hydrogen-bond donors (Lipinski definition) is 2. The zero-order chi connectivity index (χ0) is 13.4. The van der Waals surface area contributed by atoms with Gasteiger partial charge in [0.1, 0.15) is 0 Å². The summed E-state index contributed by atoms with van der Waals surface area (Å²) in [6, 6.07) is 0.321. The molecular weight excluding hydrogens is 234 g/mol. The minimum absolute atomic E-state index is 0.223. The molecule has 0 radical (unpaired) electrons. The van der Waals surface area contributed by atoms with Crippen LogP contribution in [0.5, 0.6) is 6.01 Å². The van der Waals surface area contributed by atoms with Gasteiger partial charge in [0.25, 0.3) is 0 Å². The topological polar surface area (TPSA) is 83.4 Å². The van der Waals surface area contributed by atoms with Gasteiger partial charge in [0, 0.05) is 27.7 Å². The van der Waals surface area contributed by atoms with Crippen molar-refractivity contribution in [1.82, 2.24) is 15.0 Å². The predicted octanol–water partition coefficient (Wildman–Crippen LogP) is 0.521. The summed E-state index contributed by atoms with van der Waals surface area (Å²) in [5, 5.41) is 11.5. The molecule has 7 nitrogen and oxygen atoms in total. The molecule has 0 aliphatic carbocycles. The summed E-state index contributed by atoms with van der Waals surface area (Å²) < 4.78 is 5.48. The van der Waals surface area contributed by atoms with Crippen LogP contribution in [0, 0.1) is 0 Å². The first-order valence-electron chi connectivity index (χ1n) is 6.02. The molecule has 1 heterocycles. The molecule has 0 aliphatic heterocycles.